The summed E-state index contributed by atoms with van der Waals surface area (Å²) >= 11 is 0. The molecule has 1 atom stereocenters. The first-order valence-electron chi connectivity index (χ1n) is 13.3. The third-order valence-electron chi connectivity index (χ3n) is 5.98. The summed E-state index contributed by atoms with van der Waals surface area (Å²) in [4.78, 5) is 0. The van der Waals surface area contributed by atoms with Crippen LogP contribution in [0.25, 0.3) is 0 Å². The lowest BCUT2D eigenvalue weighted by Crippen LogP contribution is -2.30. The lowest BCUT2D eigenvalue weighted by atomic mass is 10.00. The van der Waals surface area contributed by atoms with Gasteiger partial charge in [-0.15, -0.1) is 0 Å². The number of hydrogen-bond donors (Lipinski definition) is 2. The Morgan fingerprint density at radius 3 is 1.43 bits per heavy atom. The van der Waals surface area contributed by atoms with Gasteiger partial charge in [-0.25, -0.2) is 0 Å². The van der Waals surface area contributed by atoms with Crippen molar-refractivity contribution in [1.82, 2.24) is 10.6 Å². The predicted octanol–water partition coefficient (Wildman–Crippen LogP) is 8.01. The molecule has 0 heterocycles. The summed E-state index contributed by atoms with van der Waals surface area (Å²) in [5.41, 5.74) is 0. The molecule has 0 radical (unpaired) electrons. The molecule has 0 spiro atoms. The molecule has 0 aliphatic rings. The second-order valence-electron chi connectivity index (χ2n) is 8.93. The van der Waals surface area contributed by atoms with Gasteiger partial charge in [0, 0.05) is 6.04 Å². The van der Waals surface area contributed by atoms with Gasteiger partial charge in [0.05, 0.1) is 0 Å². The van der Waals surface area contributed by atoms with E-state index < -0.39 is 0 Å². The zero-order valence-electron chi connectivity index (χ0n) is 20.1. The van der Waals surface area contributed by atoms with Crippen LogP contribution in [0.5, 0.6) is 0 Å². The van der Waals surface area contributed by atoms with Crippen LogP contribution >= 0.6 is 0 Å². The third-order valence-corrected chi connectivity index (χ3v) is 5.98. The molecule has 28 heavy (non-hydrogen) atoms. The van der Waals surface area contributed by atoms with Crippen LogP contribution in [0, 0.1) is 0 Å². The summed E-state index contributed by atoms with van der Waals surface area (Å²) in [5, 5.41) is 7.39. The molecule has 0 aromatic heterocycles. The van der Waals surface area contributed by atoms with Crippen molar-refractivity contribution in [3.63, 3.8) is 0 Å². The van der Waals surface area contributed by atoms with Gasteiger partial charge >= 0.3 is 0 Å². The van der Waals surface area contributed by atoms with Crippen molar-refractivity contribution >= 4 is 0 Å². The van der Waals surface area contributed by atoms with Crippen molar-refractivity contribution in [3.8, 4) is 0 Å². The van der Waals surface area contributed by atoms with Gasteiger partial charge in [-0.05, 0) is 51.7 Å². The van der Waals surface area contributed by atoms with Gasteiger partial charge in [-0.3, -0.25) is 0 Å². The van der Waals surface area contributed by atoms with E-state index >= 15 is 0 Å². The fourth-order valence-corrected chi connectivity index (χ4v) is 3.95. The van der Waals surface area contributed by atoms with Crippen molar-refractivity contribution in [2.75, 3.05) is 19.6 Å². The van der Waals surface area contributed by atoms with Crippen LogP contribution in [0.1, 0.15) is 143 Å². The fraction of sp³-hybridized carbons (Fsp3) is 1.00. The average Bonchev–Trinajstić information content (AvgIpc) is 2.71. The third kappa shape index (κ3) is 22.2. The van der Waals surface area contributed by atoms with Crippen LogP contribution in [0.4, 0.5) is 0 Å². The van der Waals surface area contributed by atoms with Crippen molar-refractivity contribution in [3.05, 3.63) is 0 Å². The molecular formula is C26H56N2. The average molecular weight is 397 g/mol. The Hall–Kier alpha value is -0.0800. The van der Waals surface area contributed by atoms with Crippen LogP contribution in [0.15, 0.2) is 0 Å². The highest BCUT2D eigenvalue weighted by Crippen LogP contribution is 2.14. The molecule has 0 fully saturated rings. The summed E-state index contributed by atoms with van der Waals surface area (Å²) in [6.45, 7) is 10.5. The standard InChI is InChI=1S/C26H56N2/c1-4-7-10-18-21-26(28-25-9-6-3)22-19-16-14-12-11-13-15-17-20-24-27-23-8-5-2/h26-28H,4-25H2,1-3H3. The molecule has 0 bridgehead atoms. The molecule has 0 saturated heterocycles. The van der Waals surface area contributed by atoms with Crippen LogP contribution in [0.2, 0.25) is 0 Å². The molecule has 1 unspecified atom stereocenters. The summed E-state index contributed by atoms with van der Waals surface area (Å²) < 4.78 is 0. The fourth-order valence-electron chi connectivity index (χ4n) is 3.95. The van der Waals surface area contributed by atoms with Gasteiger partial charge < -0.3 is 10.6 Å². The van der Waals surface area contributed by atoms with Crippen molar-refractivity contribution < 1.29 is 0 Å². The maximum atomic E-state index is 3.84. The second-order valence-corrected chi connectivity index (χ2v) is 8.93. The molecule has 0 aliphatic heterocycles. The first-order valence-corrected chi connectivity index (χ1v) is 13.3. The van der Waals surface area contributed by atoms with Gasteiger partial charge in [-0.2, -0.15) is 0 Å². The Labute approximate surface area is 179 Å². The molecular weight excluding hydrogens is 340 g/mol. The molecule has 0 aromatic carbocycles. The van der Waals surface area contributed by atoms with Crippen LogP contribution in [-0.4, -0.2) is 25.7 Å². The normalized spacial score (nSPS) is 12.5. The van der Waals surface area contributed by atoms with E-state index in [0.29, 0.717) is 0 Å². The number of nitrogens with one attached hydrogen (secondary N) is 2. The second kappa shape index (κ2) is 25.0. The minimum Gasteiger partial charge on any atom is -0.317 e. The number of hydrogen-bond acceptors (Lipinski definition) is 2. The molecule has 170 valence electrons. The minimum absolute atomic E-state index is 0.786. The smallest absolute Gasteiger partial charge is 0.00670 e. The van der Waals surface area contributed by atoms with Crippen LogP contribution in [0.3, 0.4) is 0 Å². The number of unbranched alkanes of at least 4 members (excludes halogenated alkanes) is 13. The topological polar surface area (TPSA) is 24.1 Å². The Morgan fingerprint density at radius 2 is 0.857 bits per heavy atom. The summed E-state index contributed by atoms with van der Waals surface area (Å²) in [6.07, 6.45) is 26.6. The van der Waals surface area contributed by atoms with E-state index in [4.69, 9.17) is 0 Å². The molecule has 0 rings (SSSR count). The monoisotopic (exact) mass is 396 g/mol. The Bertz CT molecular complexity index is 267. The molecule has 2 heteroatoms. The summed E-state index contributed by atoms with van der Waals surface area (Å²) in [7, 11) is 0. The lowest BCUT2D eigenvalue weighted by molar-refractivity contribution is 0.410. The van der Waals surface area contributed by atoms with Crippen LogP contribution < -0.4 is 10.6 Å². The quantitative estimate of drug-likeness (QED) is 0.161. The number of rotatable bonds is 24. The summed E-state index contributed by atoms with van der Waals surface area (Å²) in [5.74, 6) is 0. The predicted molar refractivity (Wildman–Crippen MR) is 129 cm³/mol. The van der Waals surface area contributed by atoms with E-state index in [1.165, 1.54) is 142 Å². The van der Waals surface area contributed by atoms with Gasteiger partial charge in [0.15, 0.2) is 0 Å². The summed E-state index contributed by atoms with van der Waals surface area (Å²) in [6, 6.07) is 0.786. The molecule has 2 N–H and O–H groups in total. The Morgan fingerprint density at radius 1 is 0.429 bits per heavy atom. The zero-order chi connectivity index (χ0) is 20.5. The first kappa shape index (κ1) is 27.9. The zero-order valence-corrected chi connectivity index (χ0v) is 20.1. The highest BCUT2D eigenvalue weighted by Gasteiger charge is 2.07. The molecule has 0 aliphatic carbocycles. The maximum absolute atomic E-state index is 3.84. The Balaban J connectivity index is 3.44. The van der Waals surface area contributed by atoms with Crippen molar-refractivity contribution in [2.24, 2.45) is 0 Å². The van der Waals surface area contributed by atoms with Gasteiger partial charge in [-0.1, -0.05) is 111 Å². The van der Waals surface area contributed by atoms with Gasteiger partial charge in [0.25, 0.3) is 0 Å². The van der Waals surface area contributed by atoms with E-state index in [9.17, 15) is 0 Å². The van der Waals surface area contributed by atoms with E-state index in [0.717, 1.165) is 6.04 Å². The molecule has 2 nitrogen and oxygen atoms in total. The van der Waals surface area contributed by atoms with Crippen LogP contribution in [-0.2, 0) is 0 Å². The highest BCUT2D eigenvalue weighted by molar-refractivity contribution is 4.67. The SMILES string of the molecule is CCCCCCC(CCCCCCCCCCCNCCCC)NCCCC. The van der Waals surface area contributed by atoms with E-state index in [-0.39, 0.29) is 0 Å². The van der Waals surface area contributed by atoms with Crippen molar-refractivity contribution in [1.29, 1.82) is 0 Å². The van der Waals surface area contributed by atoms with Gasteiger partial charge in [0.1, 0.15) is 0 Å². The lowest BCUT2D eigenvalue weighted by Gasteiger charge is -2.18. The molecule has 0 amide bonds. The largest absolute Gasteiger partial charge is 0.317 e. The Kier molecular flexibility index (Phi) is 24.9. The molecule has 0 saturated carbocycles. The molecule has 0 aromatic rings. The minimum atomic E-state index is 0.786. The first-order chi connectivity index (χ1) is 13.8. The highest BCUT2D eigenvalue weighted by atomic mass is 14.9. The maximum Gasteiger partial charge on any atom is 0.00670 e. The van der Waals surface area contributed by atoms with E-state index in [1.54, 1.807) is 0 Å². The van der Waals surface area contributed by atoms with Crippen molar-refractivity contribution in [2.45, 2.75) is 149 Å². The van der Waals surface area contributed by atoms with E-state index in [2.05, 4.69) is 31.4 Å². The van der Waals surface area contributed by atoms with Gasteiger partial charge in [0.2, 0.25) is 0 Å². The van der Waals surface area contributed by atoms with E-state index in [1.807, 2.05) is 0 Å².